The topological polar surface area (TPSA) is 40.9 Å². The Balaban J connectivity index is 1.75. The Bertz CT molecular complexity index is 1010. The first-order chi connectivity index (χ1) is 13.4. The standard InChI is InChI=1S/C21H22F2N4O/c1-25(2)20-19-7-5-8-26(19)13-17(24-20)18-6-3-4-9-27(18)21(28)14-10-15(22)12-16(23)11-14/h5,7-8,10-13,18H,3-4,6,9H2,1-2H3. The van der Waals surface area contributed by atoms with Gasteiger partial charge in [0.25, 0.3) is 5.91 Å². The molecule has 146 valence electrons. The highest BCUT2D eigenvalue weighted by Crippen LogP contribution is 2.33. The molecule has 1 unspecified atom stereocenters. The van der Waals surface area contributed by atoms with Gasteiger partial charge >= 0.3 is 0 Å². The van der Waals surface area contributed by atoms with Gasteiger partial charge in [-0.1, -0.05) is 0 Å². The summed E-state index contributed by atoms with van der Waals surface area (Å²) in [5.74, 6) is -1.06. The molecule has 0 N–H and O–H groups in total. The van der Waals surface area contributed by atoms with E-state index >= 15 is 0 Å². The Labute approximate surface area is 162 Å². The molecule has 3 heterocycles. The average molecular weight is 384 g/mol. The lowest BCUT2D eigenvalue weighted by atomic mass is 9.98. The second kappa shape index (κ2) is 7.22. The molecule has 1 amide bonds. The summed E-state index contributed by atoms with van der Waals surface area (Å²) in [7, 11) is 3.86. The van der Waals surface area contributed by atoms with Crippen molar-refractivity contribution in [1.29, 1.82) is 0 Å². The van der Waals surface area contributed by atoms with E-state index in [9.17, 15) is 13.6 Å². The molecule has 1 saturated heterocycles. The Morgan fingerprint density at radius 1 is 1.18 bits per heavy atom. The van der Waals surface area contributed by atoms with Crippen LogP contribution >= 0.6 is 0 Å². The number of carbonyl (C=O) groups excluding carboxylic acids is 1. The lowest BCUT2D eigenvalue weighted by Crippen LogP contribution is -2.39. The third-order valence-corrected chi connectivity index (χ3v) is 5.15. The maximum atomic E-state index is 13.6. The number of fused-ring (bicyclic) bond motifs is 1. The van der Waals surface area contributed by atoms with Crippen LogP contribution in [0.25, 0.3) is 5.52 Å². The minimum atomic E-state index is -0.751. The smallest absolute Gasteiger partial charge is 0.254 e. The van der Waals surface area contributed by atoms with E-state index in [0.29, 0.717) is 6.54 Å². The van der Waals surface area contributed by atoms with Crippen molar-refractivity contribution in [3.05, 3.63) is 65.6 Å². The maximum Gasteiger partial charge on any atom is 0.254 e. The molecule has 1 aliphatic rings. The molecule has 2 aromatic heterocycles. The number of benzene rings is 1. The van der Waals surface area contributed by atoms with Crippen LogP contribution in [-0.4, -0.2) is 40.8 Å². The van der Waals surface area contributed by atoms with Crippen LogP contribution in [0.4, 0.5) is 14.6 Å². The van der Waals surface area contributed by atoms with Crippen molar-refractivity contribution in [2.75, 3.05) is 25.5 Å². The molecule has 7 heteroatoms. The molecular weight excluding hydrogens is 362 g/mol. The van der Waals surface area contributed by atoms with Gasteiger partial charge in [-0.25, -0.2) is 13.8 Å². The first kappa shape index (κ1) is 18.4. The van der Waals surface area contributed by atoms with Crippen LogP contribution in [-0.2, 0) is 0 Å². The summed E-state index contributed by atoms with van der Waals surface area (Å²) in [4.78, 5) is 21.5. The second-order valence-electron chi connectivity index (χ2n) is 7.35. The van der Waals surface area contributed by atoms with Crippen LogP contribution in [0.3, 0.4) is 0 Å². The van der Waals surface area contributed by atoms with E-state index < -0.39 is 11.6 Å². The Hall–Kier alpha value is -2.96. The highest BCUT2D eigenvalue weighted by molar-refractivity contribution is 5.94. The summed E-state index contributed by atoms with van der Waals surface area (Å²) in [6.07, 6.45) is 6.46. The minimum Gasteiger partial charge on any atom is -0.361 e. The highest BCUT2D eigenvalue weighted by Gasteiger charge is 2.31. The quantitative estimate of drug-likeness (QED) is 0.684. The average Bonchev–Trinajstić information content (AvgIpc) is 3.14. The van der Waals surface area contributed by atoms with Crippen LogP contribution in [0.1, 0.15) is 41.4 Å². The zero-order chi connectivity index (χ0) is 19.8. The van der Waals surface area contributed by atoms with Gasteiger partial charge in [0.1, 0.15) is 11.6 Å². The van der Waals surface area contributed by atoms with Crippen molar-refractivity contribution < 1.29 is 13.6 Å². The number of hydrogen-bond donors (Lipinski definition) is 0. The van der Waals surface area contributed by atoms with Gasteiger partial charge in [0.05, 0.1) is 17.3 Å². The molecule has 4 rings (SSSR count). The SMILES string of the molecule is CN(C)c1nc(C2CCCCN2C(=O)c2cc(F)cc(F)c2)cn2cccc12. The molecule has 0 radical (unpaired) electrons. The molecule has 1 aromatic carbocycles. The number of halogens is 2. The van der Waals surface area contributed by atoms with Crippen molar-refractivity contribution in [2.24, 2.45) is 0 Å². The molecule has 0 saturated carbocycles. The monoisotopic (exact) mass is 384 g/mol. The van der Waals surface area contributed by atoms with Crippen molar-refractivity contribution in [3.8, 4) is 0 Å². The number of likely N-dealkylation sites (tertiary alicyclic amines) is 1. The summed E-state index contributed by atoms with van der Waals surface area (Å²) >= 11 is 0. The van der Waals surface area contributed by atoms with E-state index in [-0.39, 0.29) is 17.5 Å². The van der Waals surface area contributed by atoms with Crippen molar-refractivity contribution >= 4 is 17.2 Å². The number of piperidine rings is 1. The summed E-state index contributed by atoms with van der Waals surface area (Å²) in [6, 6.07) is 6.65. The molecule has 0 aliphatic carbocycles. The Morgan fingerprint density at radius 3 is 2.64 bits per heavy atom. The molecule has 0 bridgehead atoms. The van der Waals surface area contributed by atoms with Crippen molar-refractivity contribution in [1.82, 2.24) is 14.3 Å². The number of aromatic nitrogens is 2. The van der Waals surface area contributed by atoms with E-state index in [4.69, 9.17) is 4.98 Å². The lowest BCUT2D eigenvalue weighted by molar-refractivity contribution is 0.0604. The summed E-state index contributed by atoms with van der Waals surface area (Å²) in [6.45, 7) is 0.532. The van der Waals surface area contributed by atoms with Gasteiger partial charge in [-0.3, -0.25) is 4.79 Å². The predicted octanol–water partition coefficient (Wildman–Crippen LogP) is 4.05. The van der Waals surface area contributed by atoms with Crippen LogP contribution in [0.15, 0.2) is 42.7 Å². The van der Waals surface area contributed by atoms with Gasteiger partial charge < -0.3 is 14.2 Å². The third-order valence-electron chi connectivity index (χ3n) is 5.15. The summed E-state index contributed by atoms with van der Waals surface area (Å²) < 4.78 is 29.2. The number of carbonyl (C=O) groups is 1. The normalized spacial score (nSPS) is 17.1. The number of hydrogen-bond acceptors (Lipinski definition) is 3. The summed E-state index contributed by atoms with van der Waals surface area (Å²) in [5.41, 5.74) is 1.78. The van der Waals surface area contributed by atoms with Gasteiger partial charge in [-0.05, 0) is 43.5 Å². The van der Waals surface area contributed by atoms with Crippen LogP contribution in [0.5, 0.6) is 0 Å². The Morgan fingerprint density at radius 2 is 1.93 bits per heavy atom. The Kier molecular flexibility index (Phi) is 4.75. The minimum absolute atomic E-state index is 0.0271. The first-order valence-electron chi connectivity index (χ1n) is 9.36. The van der Waals surface area contributed by atoms with Gasteiger partial charge in [-0.2, -0.15) is 0 Å². The number of anilines is 1. The van der Waals surface area contributed by atoms with Crippen LogP contribution in [0.2, 0.25) is 0 Å². The number of amides is 1. The third kappa shape index (κ3) is 3.32. The van der Waals surface area contributed by atoms with E-state index in [1.165, 1.54) is 0 Å². The fourth-order valence-corrected chi connectivity index (χ4v) is 3.86. The van der Waals surface area contributed by atoms with E-state index in [0.717, 1.165) is 54.5 Å². The second-order valence-corrected chi connectivity index (χ2v) is 7.35. The van der Waals surface area contributed by atoms with Crippen LogP contribution in [0, 0.1) is 11.6 Å². The zero-order valence-corrected chi connectivity index (χ0v) is 15.9. The largest absolute Gasteiger partial charge is 0.361 e. The number of nitrogens with zero attached hydrogens (tertiary/aromatic N) is 4. The fourth-order valence-electron chi connectivity index (χ4n) is 3.86. The molecule has 5 nitrogen and oxygen atoms in total. The molecule has 28 heavy (non-hydrogen) atoms. The molecule has 3 aromatic rings. The summed E-state index contributed by atoms with van der Waals surface area (Å²) in [5, 5.41) is 0. The lowest BCUT2D eigenvalue weighted by Gasteiger charge is -2.36. The highest BCUT2D eigenvalue weighted by atomic mass is 19.1. The molecule has 0 spiro atoms. The maximum absolute atomic E-state index is 13.6. The van der Waals surface area contributed by atoms with Gasteiger partial charge in [0.15, 0.2) is 5.82 Å². The van der Waals surface area contributed by atoms with Crippen molar-refractivity contribution in [2.45, 2.75) is 25.3 Å². The molecule has 1 fully saturated rings. The zero-order valence-electron chi connectivity index (χ0n) is 15.9. The van der Waals surface area contributed by atoms with Gasteiger partial charge in [-0.15, -0.1) is 0 Å². The van der Waals surface area contributed by atoms with E-state index in [1.807, 2.05) is 47.9 Å². The first-order valence-corrected chi connectivity index (χ1v) is 9.36. The van der Waals surface area contributed by atoms with Crippen molar-refractivity contribution in [3.63, 3.8) is 0 Å². The molecule has 1 atom stereocenters. The fraction of sp³-hybridized carbons (Fsp3) is 0.333. The predicted molar refractivity (Wildman–Crippen MR) is 104 cm³/mol. The molecule has 1 aliphatic heterocycles. The number of rotatable bonds is 3. The van der Waals surface area contributed by atoms with Crippen LogP contribution < -0.4 is 4.90 Å². The van der Waals surface area contributed by atoms with E-state index in [1.54, 1.807) is 4.90 Å². The molecular formula is C21H22F2N4O. The van der Waals surface area contributed by atoms with E-state index in [2.05, 4.69) is 0 Å². The van der Waals surface area contributed by atoms with Gasteiger partial charge in [0.2, 0.25) is 0 Å². The van der Waals surface area contributed by atoms with Gasteiger partial charge in [0, 0.05) is 44.7 Å².